The highest BCUT2D eigenvalue weighted by molar-refractivity contribution is 5.36. The van der Waals surface area contributed by atoms with Crippen LogP contribution < -0.4 is 4.74 Å². The van der Waals surface area contributed by atoms with Gasteiger partial charge in [0, 0.05) is 17.7 Å². The molecule has 1 unspecified atom stereocenters. The molecule has 1 aliphatic rings. The monoisotopic (exact) mass is 135 g/mol. The van der Waals surface area contributed by atoms with Gasteiger partial charge in [-0.05, 0) is 6.07 Å². The molecule has 10 heavy (non-hydrogen) atoms. The second-order valence-electron chi connectivity index (χ2n) is 2.63. The second-order valence-corrected chi connectivity index (χ2v) is 2.63. The van der Waals surface area contributed by atoms with Crippen molar-refractivity contribution in [2.45, 2.75) is 12.8 Å². The minimum atomic E-state index is 0.540. The van der Waals surface area contributed by atoms with E-state index in [2.05, 4.69) is 11.9 Å². The zero-order valence-electron chi connectivity index (χ0n) is 5.87. The van der Waals surface area contributed by atoms with E-state index in [1.54, 1.807) is 6.20 Å². The Morgan fingerprint density at radius 3 is 3.40 bits per heavy atom. The molecule has 0 N–H and O–H groups in total. The van der Waals surface area contributed by atoms with Crippen LogP contribution in [0.5, 0.6) is 5.75 Å². The lowest BCUT2D eigenvalue weighted by Gasteiger charge is -1.96. The fourth-order valence-electron chi connectivity index (χ4n) is 1.22. The molecule has 2 heteroatoms. The Morgan fingerprint density at radius 2 is 2.60 bits per heavy atom. The van der Waals surface area contributed by atoms with Crippen molar-refractivity contribution in [2.24, 2.45) is 0 Å². The number of pyridine rings is 1. The zero-order chi connectivity index (χ0) is 6.97. The molecule has 0 aromatic carbocycles. The van der Waals surface area contributed by atoms with Crippen molar-refractivity contribution in [3.8, 4) is 5.75 Å². The Labute approximate surface area is 59.9 Å². The lowest BCUT2D eigenvalue weighted by molar-refractivity contribution is 0.336. The lowest BCUT2D eigenvalue weighted by atomic mass is 10.1. The summed E-state index contributed by atoms with van der Waals surface area (Å²) in [5.74, 6) is 1.49. The Balaban J connectivity index is 2.51. The van der Waals surface area contributed by atoms with Gasteiger partial charge in [-0.15, -0.1) is 0 Å². The van der Waals surface area contributed by atoms with Gasteiger partial charge in [0.25, 0.3) is 0 Å². The predicted molar refractivity (Wildman–Crippen MR) is 38.1 cm³/mol. The third-order valence-electron chi connectivity index (χ3n) is 1.84. The van der Waals surface area contributed by atoms with Gasteiger partial charge < -0.3 is 4.74 Å². The molecule has 1 atom stereocenters. The Bertz CT molecular complexity index is 247. The maximum atomic E-state index is 5.35. The highest BCUT2D eigenvalue weighted by Gasteiger charge is 2.18. The third kappa shape index (κ3) is 0.685. The summed E-state index contributed by atoms with van der Waals surface area (Å²) in [5, 5.41) is 0. The summed E-state index contributed by atoms with van der Waals surface area (Å²) >= 11 is 0. The molecule has 2 nitrogen and oxygen atoms in total. The molecule has 2 rings (SSSR count). The largest absolute Gasteiger partial charge is 0.491 e. The molecule has 0 saturated carbocycles. The highest BCUT2D eigenvalue weighted by Crippen LogP contribution is 2.31. The predicted octanol–water partition coefficient (Wildman–Crippen LogP) is 1.58. The summed E-state index contributed by atoms with van der Waals surface area (Å²) in [6, 6.07) is 2.02. The minimum absolute atomic E-state index is 0.540. The lowest BCUT2D eigenvalue weighted by Crippen LogP contribution is -1.93. The van der Waals surface area contributed by atoms with Gasteiger partial charge in [-0.2, -0.15) is 0 Å². The van der Waals surface area contributed by atoms with E-state index in [0.717, 1.165) is 12.4 Å². The molecule has 52 valence electrons. The molecule has 0 aliphatic carbocycles. The third-order valence-corrected chi connectivity index (χ3v) is 1.84. The average Bonchev–Trinajstić information content (AvgIpc) is 2.34. The van der Waals surface area contributed by atoms with Crippen molar-refractivity contribution in [3.05, 3.63) is 24.0 Å². The number of rotatable bonds is 0. The van der Waals surface area contributed by atoms with Gasteiger partial charge in [-0.1, -0.05) is 6.92 Å². The molecule has 0 amide bonds. The van der Waals surface area contributed by atoms with Crippen molar-refractivity contribution in [2.75, 3.05) is 6.61 Å². The maximum absolute atomic E-state index is 5.35. The van der Waals surface area contributed by atoms with Crippen LogP contribution in [0.4, 0.5) is 0 Å². The Hall–Kier alpha value is -1.05. The fraction of sp³-hybridized carbons (Fsp3) is 0.375. The molecule has 2 heterocycles. The molecule has 0 saturated heterocycles. The van der Waals surface area contributed by atoms with Crippen molar-refractivity contribution in [1.82, 2.24) is 4.98 Å². The molecular weight excluding hydrogens is 126 g/mol. The number of nitrogens with zero attached hydrogens (tertiary/aromatic N) is 1. The highest BCUT2D eigenvalue weighted by atomic mass is 16.5. The fourth-order valence-corrected chi connectivity index (χ4v) is 1.22. The molecule has 0 fully saturated rings. The maximum Gasteiger partial charge on any atom is 0.141 e. The van der Waals surface area contributed by atoms with E-state index in [9.17, 15) is 0 Å². The summed E-state index contributed by atoms with van der Waals surface area (Å²) in [7, 11) is 0. The van der Waals surface area contributed by atoms with E-state index < -0.39 is 0 Å². The summed E-state index contributed by atoms with van der Waals surface area (Å²) in [5.41, 5.74) is 1.29. The van der Waals surface area contributed by atoms with E-state index in [1.807, 2.05) is 12.3 Å². The SMILES string of the molecule is CC1COc2cnccc21. The van der Waals surface area contributed by atoms with Crippen LogP contribution in [0.3, 0.4) is 0 Å². The second kappa shape index (κ2) is 1.97. The molecule has 0 radical (unpaired) electrons. The first-order valence-electron chi connectivity index (χ1n) is 3.44. The van der Waals surface area contributed by atoms with Crippen LogP contribution in [0.25, 0.3) is 0 Å². The van der Waals surface area contributed by atoms with Crippen molar-refractivity contribution >= 4 is 0 Å². The first kappa shape index (κ1) is 5.71. The summed E-state index contributed by atoms with van der Waals surface area (Å²) in [6.45, 7) is 2.97. The van der Waals surface area contributed by atoms with Crippen LogP contribution in [-0.2, 0) is 0 Å². The first-order valence-corrected chi connectivity index (χ1v) is 3.44. The first-order chi connectivity index (χ1) is 4.88. The molecule has 1 aromatic rings. The number of fused-ring (bicyclic) bond motifs is 1. The van der Waals surface area contributed by atoms with Crippen LogP contribution in [-0.4, -0.2) is 11.6 Å². The van der Waals surface area contributed by atoms with Gasteiger partial charge in [-0.25, -0.2) is 0 Å². The van der Waals surface area contributed by atoms with Crippen LogP contribution >= 0.6 is 0 Å². The molecule has 0 spiro atoms. The number of aromatic nitrogens is 1. The standard InChI is InChI=1S/C8H9NO/c1-6-5-10-8-4-9-3-2-7(6)8/h2-4,6H,5H2,1H3. The van der Waals surface area contributed by atoms with Gasteiger partial charge in [0.1, 0.15) is 5.75 Å². The molecule has 0 bridgehead atoms. The Kier molecular flexibility index (Phi) is 1.13. The summed E-state index contributed by atoms with van der Waals surface area (Å²) in [4.78, 5) is 3.97. The molecule has 1 aromatic heterocycles. The number of hydrogen-bond donors (Lipinski definition) is 0. The summed E-state index contributed by atoms with van der Waals surface area (Å²) in [6.07, 6.45) is 3.59. The quantitative estimate of drug-likeness (QED) is 0.538. The molecular formula is C8H9NO. The smallest absolute Gasteiger partial charge is 0.141 e. The minimum Gasteiger partial charge on any atom is -0.491 e. The van der Waals surface area contributed by atoms with E-state index in [0.29, 0.717) is 5.92 Å². The summed E-state index contributed by atoms with van der Waals surface area (Å²) < 4.78 is 5.35. The van der Waals surface area contributed by atoms with E-state index in [1.165, 1.54) is 5.56 Å². The topological polar surface area (TPSA) is 22.1 Å². The van der Waals surface area contributed by atoms with Crippen LogP contribution in [0.2, 0.25) is 0 Å². The Morgan fingerprint density at radius 1 is 1.70 bits per heavy atom. The number of ether oxygens (including phenoxy) is 1. The molecule has 1 aliphatic heterocycles. The van der Waals surface area contributed by atoms with Crippen molar-refractivity contribution < 1.29 is 4.74 Å². The van der Waals surface area contributed by atoms with E-state index >= 15 is 0 Å². The van der Waals surface area contributed by atoms with Gasteiger partial charge in [0.05, 0.1) is 12.8 Å². The van der Waals surface area contributed by atoms with Gasteiger partial charge in [0.2, 0.25) is 0 Å². The normalized spacial score (nSPS) is 21.9. The van der Waals surface area contributed by atoms with Crippen LogP contribution in [0.1, 0.15) is 18.4 Å². The van der Waals surface area contributed by atoms with E-state index in [-0.39, 0.29) is 0 Å². The van der Waals surface area contributed by atoms with Crippen LogP contribution in [0.15, 0.2) is 18.5 Å². The zero-order valence-corrected chi connectivity index (χ0v) is 5.87. The van der Waals surface area contributed by atoms with Crippen molar-refractivity contribution in [1.29, 1.82) is 0 Å². The van der Waals surface area contributed by atoms with Gasteiger partial charge >= 0.3 is 0 Å². The van der Waals surface area contributed by atoms with Gasteiger partial charge in [-0.3, -0.25) is 4.98 Å². The van der Waals surface area contributed by atoms with Crippen LogP contribution in [0, 0.1) is 0 Å². The average molecular weight is 135 g/mol. The van der Waals surface area contributed by atoms with Gasteiger partial charge in [0.15, 0.2) is 0 Å². The number of hydrogen-bond acceptors (Lipinski definition) is 2. The van der Waals surface area contributed by atoms with E-state index in [4.69, 9.17) is 4.74 Å². The van der Waals surface area contributed by atoms with Crippen molar-refractivity contribution in [3.63, 3.8) is 0 Å².